The van der Waals surface area contributed by atoms with Crippen molar-refractivity contribution in [2.45, 2.75) is 6.92 Å². The van der Waals surface area contributed by atoms with E-state index in [9.17, 15) is 9.18 Å². The molecule has 3 aromatic heterocycles. The molecule has 3 heterocycles. The highest BCUT2D eigenvalue weighted by Crippen LogP contribution is 2.17. The summed E-state index contributed by atoms with van der Waals surface area (Å²) >= 11 is 1.41. The Labute approximate surface area is 181 Å². The largest absolute Gasteiger partial charge is 0.382 e. The lowest BCUT2D eigenvalue weighted by molar-refractivity contribution is 0.640. The lowest BCUT2D eigenvalue weighted by Gasteiger charge is -2.07. The van der Waals surface area contributed by atoms with Crippen molar-refractivity contribution < 1.29 is 4.39 Å². The monoisotopic (exact) mass is 440 g/mol. The van der Waals surface area contributed by atoms with Crippen LogP contribution in [0.15, 0.2) is 58.7 Å². The van der Waals surface area contributed by atoms with Crippen molar-refractivity contribution in [3.8, 4) is 0 Å². The molecule has 0 aromatic carbocycles. The summed E-state index contributed by atoms with van der Waals surface area (Å²) < 4.78 is 14.0. The molecule has 5 N–H and O–H groups in total. The molecule has 0 saturated heterocycles. The molecule has 0 unspecified atom stereocenters. The number of hydrogen-bond acceptors (Lipinski definition) is 8. The first-order valence-corrected chi connectivity index (χ1v) is 10.1. The predicted octanol–water partition coefficient (Wildman–Crippen LogP) is 2.68. The van der Waals surface area contributed by atoms with Gasteiger partial charge < -0.3 is 11.1 Å². The zero-order chi connectivity index (χ0) is 22.4. The predicted molar refractivity (Wildman–Crippen MR) is 122 cm³/mol. The molecule has 0 aliphatic carbocycles. The fourth-order valence-corrected chi connectivity index (χ4v) is 3.25. The summed E-state index contributed by atoms with van der Waals surface area (Å²) in [4.78, 5) is 27.1. The number of nitrogens with two attached hydrogens (primary N) is 1. The maximum atomic E-state index is 12.6. The molecule has 160 valence electrons. The number of aromatic amines is 1. The van der Waals surface area contributed by atoms with E-state index < -0.39 is 0 Å². The van der Waals surface area contributed by atoms with Crippen LogP contribution in [0.3, 0.4) is 0 Å². The Morgan fingerprint density at radius 3 is 2.90 bits per heavy atom. The molecule has 31 heavy (non-hydrogen) atoms. The summed E-state index contributed by atoms with van der Waals surface area (Å²) in [5.74, 6) is -0.0829. The van der Waals surface area contributed by atoms with Crippen LogP contribution in [0, 0.1) is 5.41 Å². The van der Waals surface area contributed by atoms with Crippen LogP contribution in [0.2, 0.25) is 0 Å². The number of aryl methyl sites for hydroxylation is 1. The van der Waals surface area contributed by atoms with E-state index in [0.717, 1.165) is 0 Å². The highest BCUT2D eigenvalue weighted by atomic mass is 32.1. The van der Waals surface area contributed by atoms with Crippen molar-refractivity contribution >= 4 is 39.7 Å². The van der Waals surface area contributed by atoms with E-state index in [1.165, 1.54) is 28.9 Å². The Morgan fingerprint density at radius 1 is 1.39 bits per heavy atom. The number of nitrogens with one attached hydrogen (secondary N) is 3. The zero-order valence-electron chi connectivity index (χ0n) is 16.9. The molecule has 0 aliphatic rings. The van der Waals surface area contributed by atoms with Gasteiger partial charge in [0.15, 0.2) is 17.3 Å². The molecule has 0 saturated carbocycles. The van der Waals surface area contributed by atoms with Gasteiger partial charge in [0.2, 0.25) is 0 Å². The van der Waals surface area contributed by atoms with Crippen LogP contribution in [0.1, 0.15) is 17.8 Å². The maximum Gasteiger partial charge on any atom is 0.327 e. The molecule has 9 nitrogen and oxygen atoms in total. The van der Waals surface area contributed by atoms with Gasteiger partial charge in [-0.05, 0) is 19.1 Å². The lowest BCUT2D eigenvalue weighted by Crippen LogP contribution is -2.15. The maximum absolute atomic E-state index is 12.6. The summed E-state index contributed by atoms with van der Waals surface area (Å²) in [6.45, 7) is 1.83. The fraction of sp³-hybridized carbons (Fsp3) is 0.150. The third kappa shape index (κ3) is 5.39. The molecule has 0 spiro atoms. The standard InChI is InChI=1S/C20H21FN8OS/c1-12(21)7-5-3-4-6-8-24-14(19-25-9-10-31-19)11-13(22)17-26-16(23)15-18(27-17)28-20(30)29(15)2/h3-7,9-11,22,24H,8H2,1-2H3,(H3,23,26,27,28,30)/b5-3-,6-4+,12-7+,14-11-,22-13?. The number of halogens is 1. The molecule has 0 fully saturated rings. The average molecular weight is 441 g/mol. The van der Waals surface area contributed by atoms with Crippen LogP contribution < -0.4 is 16.7 Å². The highest BCUT2D eigenvalue weighted by molar-refractivity contribution is 7.10. The molecule has 0 radical (unpaired) electrons. The topological polar surface area (TPSA) is 138 Å². The molecule has 11 heteroatoms. The molecular weight excluding hydrogens is 419 g/mol. The number of allylic oxidation sites excluding steroid dienone is 6. The first-order chi connectivity index (χ1) is 14.9. The number of imidazole rings is 1. The Bertz CT molecular complexity index is 1260. The first kappa shape index (κ1) is 21.8. The van der Waals surface area contributed by atoms with Gasteiger partial charge in [0.05, 0.1) is 11.5 Å². The fourth-order valence-electron chi connectivity index (χ4n) is 2.62. The highest BCUT2D eigenvalue weighted by Gasteiger charge is 2.14. The van der Waals surface area contributed by atoms with E-state index >= 15 is 0 Å². The number of hydrogen-bond donors (Lipinski definition) is 4. The number of anilines is 1. The second-order valence-corrected chi connectivity index (χ2v) is 7.27. The van der Waals surface area contributed by atoms with Gasteiger partial charge in [0, 0.05) is 25.2 Å². The van der Waals surface area contributed by atoms with Crippen molar-refractivity contribution in [2.75, 3.05) is 12.3 Å². The van der Waals surface area contributed by atoms with Crippen LogP contribution in [0.4, 0.5) is 10.2 Å². The van der Waals surface area contributed by atoms with Crippen molar-refractivity contribution in [1.82, 2.24) is 29.8 Å². The van der Waals surface area contributed by atoms with E-state index in [2.05, 4.69) is 25.3 Å². The first-order valence-electron chi connectivity index (χ1n) is 9.19. The Morgan fingerprint density at radius 2 is 2.19 bits per heavy atom. The summed E-state index contributed by atoms with van der Waals surface area (Å²) in [6.07, 6.45) is 11.5. The normalized spacial score (nSPS) is 13.0. The molecule has 0 atom stereocenters. The van der Waals surface area contributed by atoms with Crippen LogP contribution in [-0.2, 0) is 7.05 Å². The molecule has 0 amide bonds. The van der Waals surface area contributed by atoms with E-state index in [-0.39, 0.29) is 34.5 Å². The number of H-pyrrole nitrogens is 1. The van der Waals surface area contributed by atoms with E-state index in [1.807, 2.05) is 11.5 Å². The number of fused-ring (bicyclic) bond motifs is 1. The zero-order valence-corrected chi connectivity index (χ0v) is 17.7. The van der Waals surface area contributed by atoms with Crippen LogP contribution in [0.25, 0.3) is 16.9 Å². The summed E-state index contributed by atoms with van der Waals surface area (Å²) in [5.41, 5.74) is 6.88. The van der Waals surface area contributed by atoms with E-state index in [0.29, 0.717) is 22.8 Å². The minimum absolute atomic E-state index is 0.00318. The Hall–Kier alpha value is -3.86. The van der Waals surface area contributed by atoms with Gasteiger partial charge >= 0.3 is 5.69 Å². The lowest BCUT2D eigenvalue weighted by atomic mass is 10.2. The minimum Gasteiger partial charge on any atom is -0.382 e. The molecule has 0 aliphatic heterocycles. The number of nitrogen functional groups attached to an aromatic ring is 1. The van der Waals surface area contributed by atoms with Crippen molar-refractivity contribution in [2.24, 2.45) is 7.05 Å². The van der Waals surface area contributed by atoms with E-state index in [4.69, 9.17) is 11.1 Å². The molecular formula is C20H21FN8OS. The number of aromatic nitrogens is 5. The Balaban J connectivity index is 1.82. The SMILES string of the molecule is C\C(F)=C/C=C\C=C\CN/C(=C\C(=N)c1nc(N)c2c(n1)[nH]c(=O)n2C)c1nccs1. The second-order valence-electron chi connectivity index (χ2n) is 6.38. The van der Waals surface area contributed by atoms with Gasteiger partial charge in [-0.25, -0.2) is 24.1 Å². The summed E-state index contributed by atoms with van der Waals surface area (Å²) in [6, 6.07) is 0. The van der Waals surface area contributed by atoms with E-state index in [1.54, 1.807) is 37.5 Å². The van der Waals surface area contributed by atoms with Gasteiger partial charge in [-0.1, -0.05) is 24.3 Å². The molecule has 3 rings (SSSR count). The van der Waals surface area contributed by atoms with Crippen molar-refractivity contribution in [3.05, 3.63) is 75.2 Å². The van der Waals surface area contributed by atoms with Crippen molar-refractivity contribution in [3.63, 3.8) is 0 Å². The van der Waals surface area contributed by atoms with Gasteiger partial charge in [0.1, 0.15) is 16.2 Å². The third-order valence-corrected chi connectivity index (χ3v) is 4.87. The second kappa shape index (κ2) is 9.76. The Kier molecular flexibility index (Phi) is 6.88. The number of rotatable bonds is 8. The van der Waals surface area contributed by atoms with Gasteiger partial charge in [-0.2, -0.15) is 0 Å². The summed E-state index contributed by atoms with van der Waals surface area (Å²) in [5, 5.41) is 14.1. The van der Waals surface area contributed by atoms with Gasteiger partial charge in [-0.15, -0.1) is 11.3 Å². The minimum atomic E-state index is -0.363. The number of nitrogens with zero attached hydrogens (tertiary/aromatic N) is 4. The number of thiazole rings is 1. The van der Waals surface area contributed by atoms with Gasteiger partial charge in [0.25, 0.3) is 0 Å². The van der Waals surface area contributed by atoms with Gasteiger partial charge in [-0.3, -0.25) is 15.0 Å². The van der Waals surface area contributed by atoms with Crippen LogP contribution in [0.5, 0.6) is 0 Å². The van der Waals surface area contributed by atoms with Crippen LogP contribution in [-0.4, -0.2) is 36.8 Å². The van der Waals surface area contributed by atoms with Crippen molar-refractivity contribution in [1.29, 1.82) is 5.41 Å². The smallest absolute Gasteiger partial charge is 0.327 e. The summed E-state index contributed by atoms with van der Waals surface area (Å²) in [7, 11) is 1.56. The van der Waals surface area contributed by atoms with Crippen LogP contribution >= 0.6 is 11.3 Å². The molecule has 3 aromatic rings. The molecule has 0 bridgehead atoms. The average Bonchev–Trinajstić information content (AvgIpc) is 3.34. The third-order valence-electron chi connectivity index (χ3n) is 4.06. The quantitative estimate of drug-likeness (QED) is 0.314.